The normalized spacial score (nSPS) is 10.8. The molecule has 0 saturated carbocycles. The second kappa shape index (κ2) is 7.12. The third-order valence-corrected chi connectivity index (χ3v) is 3.83. The number of hydrogen-bond donors (Lipinski definition) is 1. The van der Waals surface area contributed by atoms with Gasteiger partial charge in [-0.2, -0.15) is 10.2 Å². The molecular formula is C18H21N5O. The van der Waals surface area contributed by atoms with Crippen LogP contribution in [0.1, 0.15) is 23.1 Å². The molecule has 2 aromatic heterocycles. The van der Waals surface area contributed by atoms with Gasteiger partial charge in [-0.15, -0.1) is 0 Å². The van der Waals surface area contributed by atoms with E-state index in [9.17, 15) is 4.79 Å². The number of carbonyl (C=O) groups is 1. The van der Waals surface area contributed by atoms with Gasteiger partial charge < -0.3 is 5.32 Å². The summed E-state index contributed by atoms with van der Waals surface area (Å²) in [4.78, 5) is 12.0. The predicted molar refractivity (Wildman–Crippen MR) is 92.7 cm³/mol. The van der Waals surface area contributed by atoms with E-state index < -0.39 is 0 Å². The molecule has 0 radical (unpaired) electrons. The average molecular weight is 323 g/mol. The van der Waals surface area contributed by atoms with Gasteiger partial charge in [0.15, 0.2) is 5.82 Å². The molecule has 6 nitrogen and oxygen atoms in total. The van der Waals surface area contributed by atoms with Crippen LogP contribution >= 0.6 is 0 Å². The fourth-order valence-electron chi connectivity index (χ4n) is 2.49. The molecule has 3 aromatic rings. The van der Waals surface area contributed by atoms with E-state index >= 15 is 0 Å². The van der Waals surface area contributed by atoms with Crippen molar-refractivity contribution < 1.29 is 4.79 Å². The van der Waals surface area contributed by atoms with Crippen molar-refractivity contribution in [1.82, 2.24) is 19.6 Å². The Kier molecular flexibility index (Phi) is 4.74. The summed E-state index contributed by atoms with van der Waals surface area (Å²) in [6, 6.07) is 10.0. The first-order valence-corrected chi connectivity index (χ1v) is 7.97. The minimum Gasteiger partial charge on any atom is -0.309 e. The maximum Gasteiger partial charge on any atom is 0.227 e. The van der Waals surface area contributed by atoms with Crippen LogP contribution in [0.3, 0.4) is 0 Å². The average Bonchev–Trinajstić information content (AvgIpc) is 3.17. The zero-order valence-electron chi connectivity index (χ0n) is 13.9. The summed E-state index contributed by atoms with van der Waals surface area (Å²) in [6.45, 7) is 5.31. The number of aryl methyl sites for hydroxylation is 3. The Bertz CT molecular complexity index is 833. The molecular weight excluding hydrogens is 302 g/mol. The van der Waals surface area contributed by atoms with Crippen LogP contribution < -0.4 is 5.32 Å². The number of rotatable bonds is 6. The van der Waals surface area contributed by atoms with Gasteiger partial charge in [0, 0.05) is 31.4 Å². The Morgan fingerprint density at radius 2 is 2.00 bits per heavy atom. The number of nitrogens with one attached hydrogen (secondary N) is 1. The van der Waals surface area contributed by atoms with Crippen LogP contribution in [0, 0.1) is 13.8 Å². The van der Waals surface area contributed by atoms with Crippen molar-refractivity contribution in [3.8, 4) is 0 Å². The van der Waals surface area contributed by atoms with Crippen LogP contribution in [0.25, 0.3) is 0 Å². The molecule has 24 heavy (non-hydrogen) atoms. The third-order valence-electron chi connectivity index (χ3n) is 3.83. The first-order chi connectivity index (χ1) is 11.6. The molecule has 0 bridgehead atoms. The second-order valence-corrected chi connectivity index (χ2v) is 5.90. The van der Waals surface area contributed by atoms with Gasteiger partial charge >= 0.3 is 0 Å². The lowest BCUT2D eigenvalue weighted by molar-refractivity contribution is -0.116. The summed E-state index contributed by atoms with van der Waals surface area (Å²) < 4.78 is 3.60. The molecule has 1 N–H and O–H groups in total. The maximum absolute atomic E-state index is 12.0. The summed E-state index contributed by atoms with van der Waals surface area (Å²) in [5.41, 5.74) is 3.53. The van der Waals surface area contributed by atoms with Crippen molar-refractivity contribution in [1.29, 1.82) is 0 Å². The van der Waals surface area contributed by atoms with Crippen molar-refractivity contribution in [3.63, 3.8) is 0 Å². The van der Waals surface area contributed by atoms with E-state index in [0.717, 1.165) is 5.56 Å². The van der Waals surface area contributed by atoms with Crippen molar-refractivity contribution >= 4 is 11.7 Å². The van der Waals surface area contributed by atoms with E-state index in [4.69, 9.17) is 0 Å². The third kappa shape index (κ3) is 4.10. The predicted octanol–water partition coefficient (Wildman–Crippen LogP) is 2.77. The van der Waals surface area contributed by atoms with Crippen molar-refractivity contribution in [2.45, 2.75) is 33.4 Å². The summed E-state index contributed by atoms with van der Waals surface area (Å²) >= 11 is 0. The van der Waals surface area contributed by atoms with Crippen molar-refractivity contribution in [3.05, 3.63) is 65.6 Å². The number of nitrogens with zero attached hydrogens (tertiary/aromatic N) is 4. The highest BCUT2D eigenvalue weighted by molar-refractivity contribution is 5.89. The Morgan fingerprint density at radius 3 is 2.75 bits per heavy atom. The first kappa shape index (κ1) is 16.0. The molecule has 6 heteroatoms. The summed E-state index contributed by atoms with van der Waals surface area (Å²) in [6.07, 6.45) is 5.94. The van der Waals surface area contributed by atoms with Crippen LogP contribution in [-0.2, 0) is 17.9 Å². The van der Waals surface area contributed by atoms with E-state index in [1.807, 2.05) is 42.2 Å². The van der Waals surface area contributed by atoms with Crippen LogP contribution in [0.15, 0.2) is 48.9 Å². The molecule has 124 valence electrons. The summed E-state index contributed by atoms with van der Waals surface area (Å²) in [5, 5.41) is 11.4. The SMILES string of the molecule is Cc1cnn(CCC(=O)Nc2ccn(Cc3ccccc3C)n2)c1. The van der Waals surface area contributed by atoms with Crippen molar-refractivity contribution in [2.75, 3.05) is 5.32 Å². The number of hydrogen-bond acceptors (Lipinski definition) is 3. The lowest BCUT2D eigenvalue weighted by atomic mass is 10.1. The highest BCUT2D eigenvalue weighted by Gasteiger charge is 2.07. The summed E-state index contributed by atoms with van der Waals surface area (Å²) in [5.74, 6) is 0.509. The summed E-state index contributed by atoms with van der Waals surface area (Å²) in [7, 11) is 0. The highest BCUT2D eigenvalue weighted by Crippen LogP contribution is 2.10. The van der Waals surface area contributed by atoms with E-state index in [1.165, 1.54) is 11.1 Å². The van der Waals surface area contributed by atoms with Gasteiger partial charge in [0.25, 0.3) is 0 Å². The molecule has 0 saturated heterocycles. The van der Waals surface area contributed by atoms with Crippen LogP contribution in [0.4, 0.5) is 5.82 Å². The quantitative estimate of drug-likeness (QED) is 0.758. The van der Waals surface area contributed by atoms with Crippen LogP contribution in [0.5, 0.6) is 0 Å². The molecule has 2 heterocycles. The fourth-order valence-corrected chi connectivity index (χ4v) is 2.49. The largest absolute Gasteiger partial charge is 0.309 e. The molecule has 1 amide bonds. The Morgan fingerprint density at radius 1 is 1.17 bits per heavy atom. The topological polar surface area (TPSA) is 64.7 Å². The van der Waals surface area contributed by atoms with Gasteiger partial charge in [-0.1, -0.05) is 24.3 Å². The highest BCUT2D eigenvalue weighted by atomic mass is 16.1. The molecule has 0 spiro atoms. The number of anilines is 1. The van der Waals surface area contributed by atoms with E-state index in [2.05, 4.69) is 34.6 Å². The minimum atomic E-state index is -0.0655. The van der Waals surface area contributed by atoms with Crippen LogP contribution in [-0.4, -0.2) is 25.5 Å². The lowest BCUT2D eigenvalue weighted by Gasteiger charge is -2.06. The van der Waals surface area contributed by atoms with Crippen LogP contribution in [0.2, 0.25) is 0 Å². The number of amides is 1. The smallest absolute Gasteiger partial charge is 0.227 e. The molecule has 3 rings (SSSR count). The zero-order valence-corrected chi connectivity index (χ0v) is 13.9. The zero-order chi connectivity index (χ0) is 16.9. The standard InChI is InChI=1S/C18H21N5O/c1-14-11-19-22(12-14)10-8-18(24)20-17-7-9-23(21-17)13-16-6-4-3-5-15(16)2/h3-7,9,11-12H,8,10,13H2,1-2H3,(H,20,21,24). The number of aromatic nitrogens is 4. The van der Waals surface area contributed by atoms with Gasteiger partial charge in [0.1, 0.15) is 0 Å². The van der Waals surface area contributed by atoms with Gasteiger partial charge in [-0.25, -0.2) is 0 Å². The van der Waals surface area contributed by atoms with E-state index in [0.29, 0.717) is 25.3 Å². The van der Waals surface area contributed by atoms with E-state index in [-0.39, 0.29) is 5.91 Å². The van der Waals surface area contributed by atoms with Gasteiger partial charge in [0.05, 0.1) is 12.7 Å². The maximum atomic E-state index is 12.0. The van der Waals surface area contributed by atoms with Gasteiger partial charge in [-0.05, 0) is 30.5 Å². The lowest BCUT2D eigenvalue weighted by Crippen LogP contribution is -2.15. The minimum absolute atomic E-state index is 0.0655. The Hall–Kier alpha value is -2.89. The van der Waals surface area contributed by atoms with Gasteiger partial charge in [-0.3, -0.25) is 14.2 Å². The molecule has 0 aliphatic rings. The molecule has 0 fully saturated rings. The van der Waals surface area contributed by atoms with Crippen molar-refractivity contribution in [2.24, 2.45) is 0 Å². The molecule has 0 atom stereocenters. The van der Waals surface area contributed by atoms with E-state index in [1.54, 1.807) is 10.9 Å². The number of carbonyl (C=O) groups excluding carboxylic acids is 1. The van der Waals surface area contributed by atoms with Gasteiger partial charge in [0.2, 0.25) is 5.91 Å². The molecule has 0 aliphatic heterocycles. The second-order valence-electron chi connectivity index (χ2n) is 5.90. The Labute approximate surface area is 141 Å². The molecule has 1 aromatic carbocycles. The molecule has 0 aliphatic carbocycles. The monoisotopic (exact) mass is 323 g/mol. The number of benzene rings is 1. The fraction of sp³-hybridized carbons (Fsp3) is 0.278. The molecule has 0 unspecified atom stereocenters. The Balaban J connectivity index is 1.53. The first-order valence-electron chi connectivity index (χ1n) is 7.97.